The largest absolute Gasteiger partial charge is 0.372 e. The SMILES string of the molecule is CC1(C)O[C@@H](C(=O)NCc2cc(Cc3ccccc3Cl)cs2)[C@H](C(=O)N2CCC[C@@H]2c2cccc(N3CCCCC3)c2)O1. The molecule has 3 fully saturated rings. The van der Waals surface area contributed by atoms with Crippen LogP contribution in [0, 0.1) is 0 Å². The second-order valence-corrected chi connectivity index (χ2v) is 13.6. The number of carbonyl (C=O) groups is 2. The second kappa shape index (κ2) is 13.0. The summed E-state index contributed by atoms with van der Waals surface area (Å²) in [6.45, 7) is 6.64. The van der Waals surface area contributed by atoms with Crippen molar-refractivity contribution in [1.82, 2.24) is 10.2 Å². The summed E-state index contributed by atoms with van der Waals surface area (Å²) in [4.78, 5) is 32.8. The molecule has 9 heteroatoms. The van der Waals surface area contributed by atoms with E-state index in [4.69, 9.17) is 21.1 Å². The third kappa shape index (κ3) is 6.93. The molecule has 3 saturated heterocycles. The van der Waals surface area contributed by atoms with Crippen LogP contribution < -0.4 is 10.2 Å². The molecule has 43 heavy (non-hydrogen) atoms. The van der Waals surface area contributed by atoms with Gasteiger partial charge in [-0.25, -0.2) is 0 Å². The summed E-state index contributed by atoms with van der Waals surface area (Å²) in [5.41, 5.74) is 4.56. The molecule has 0 spiro atoms. The predicted octanol–water partition coefficient (Wildman–Crippen LogP) is 6.48. The first-order valence-corrected chi connectivity index (χ1v) is 16.6. The molecular formula is C34H40ClN3O4S. The number of likely N-dealkylation sites (tertiary alicyclic amines) is 1. The summed E-state index contributed by atoms with van der Waals surface area (Å²) in [6, 6.07) is 18.5. The minimum absolute atomic E-state index is 0.0454. The Morgan fingerprint density at radius 3 is 2.58 bits per heavy atom. The molecule has 3 atom stereocenters. The van der Waals surface area contributed by atoms with Gasteiger partial charge in [-0.15, -0.1) is 11.3 Å². The number of ether oxygens (including phenoxy) is 2. The topological polar surface area (TPSA) is 71.1 Å². The molecule has 6 rings (SSSR count). The first kappa shape index (κ1) is 30.1. The number of amides is 2. The first-order valence-electron chi connectivity index (χ1n) is 15.4. The summed E-state index contributed by atoms with van der Waals surface area (Å²) in [6.07, 6.45) is 4.22. The quantitative estimate of drug-likeness (QED) is 0.312. The van der Waals surface area contributed by atoms with E-state index >= 15 is 0 Å². The Kier molecular flexibility index (Phi) is 9.10. The van der Waals surface area contributed by atoms with Crippen LogP contribution in [0.5, 0.6) is 0 Å². The highest BCUT2D eigenvalue weighted by molar-refractivity contribution is 7.10. The van der Waals surface area contributed by atoms with Gasteiger partial charge in [0.1, 0.15) is 0 Å². The van der Waals surface area contributed by atoms with E-state index in [9.17, 15) is 9.59 Å². The van der Waals surface area contributed by atoms with Gasteiger partial charge >= 0.3 is 0 Å². The summed E-state index contributed by atoms with van der Waals surface area (Å²) >= 11 is 7.92. The number of anilines is 1. The number of piperidine rings is 1. The maximum atomic E-state index is 14.0. The molecule has 1 aromatic heterocycles. The maximum Gasteiger partial charge on any atom is 0.255 e. The molecule has 0 bridgehead atoms. The van der Waals surface area contributed by atoms with E-state index in [1.54, 1.807) is 25.2 Å². The van der Waals surface area contributed by atoms with Crippen LogP contribution in [-0.2, 0) is 32.0 Å². The van der Waals surface area contributed by atoms with Gasteiger partial charge < -0.3 is 24.6 Å². The van der Waals surface area contributed by atoms with Crippen LogP contribution in [0.4, 0.5) is 5.69 Å². The monoisotopic (exact) mass is 621 g/mol. The molecule has 0 unspecified atom stereocenters. The Balaban J connectivity index is 1.12. The highest BCUT2D eigenvalue weighted by atomic mass is 35.5. The molecule has 3 aromatic rings. The zero-order chi connectivity index (χ0) is 30.0. The van der Waals surface area contributed by atoms with Crippen LogP contribution in [0.15, 0.2) is 60.0 Å². The Morgan fingerprint density at radius 2 is 1.77 bits per heavy atom. The molecule has 0 radical (unpaired) electrons. The van der Waals surface area contributed by atoms with Gasteiger partial charge in [0.15, 0.2) is 18.0 Å². The van der Waals surface area contributed by atoms with Crippen molar-refractivity contribution in [2.24, 2.45) is 0 Å². The van der Waals surface area contributed by atoms with Crippen molar-refractivity contribution >= 4 is 40.4 Å². The van der Waals surface area contributed by atoms with Gasteiger partial charge in [0.25, 0.3) is 11.8 Å². The lowest BCUT2D eigenvalue weighted by molar-refractivity contribution is -0.163. The van der Waals surface area contributed by atoms with E-state index in [1.807, 2.05) is 29.2 Å². The van der Waals surface area contributed by atoms with Crippen LogP contribution in [-0.4, -0.2) is 54.3 Å². The highest BCUT2D eigenvalue weighted by Crippen LogP contribution is 2.37. The van der Waals surface area contributed by atoms with Gasteiger partial charge in [-0.05, 0) is 98.7 Å². The molecule has 2 amide bonds. The van der Waals surface area contributed by atoms with Gasteiger partial charge in [-0.3, -0.25) is 9.59 Å². The van der Waals surface area contributed by atoms with Crippen LogP contribution in [0.2, 0.25) is 5.02 Å². The number of nitrogens with one attached hydrogen (secondary N) is 1. The maximum absolute atomic E-state index is 14.0. The zero-order valence-corrected chi connectivity index (χ0v) is 26.5. The Morgan fingerprint density at radius 1 is 0.977 bits per heavy atom. The van der Waals surface area contributed by atoms with Crippen molar-refractivity contribution in [2.45, 2.75) is 83.0 Å². The van der Waals surface area contributed by atoms with E-state index < -0.39 is 18.0 Å². The summed E-state index contributed by atoms with van der Waals surface area (Å²) in [5, 5.41) is 5.83. The molecule has 0 saturated carbocycles. The Bertz CT molecular complexity index is 1450. The lowest BCUT2D eigenvalue weighted by Crippen LogP contribution is -2.49. The lowest BCUT2D eigenvalue weighted by Gasteiger charge is -2.31. The molecule has 3 aliphatic rings. The van der Waals surface area contributed by atoms with Crippen molar-refractivity contribution in [3.63, 3.8) is 0 Å². The number of halogens is 1. The average molecular weight is 622 g/mol. The van der Waals surface area contributed by atoms with E-state index in [0.29, 0.717) is 13.1 Å². The van der Waals surface area contributed by atoms with Crippen LogP contribution in [0.1, 0.15) is 73.6 Å². The second-order valence-electron chi connectivity index (χ2n) is 12.2. The lowest BCUT2D eigenvalue weighted by atomic mass is 10.0. The molecule has 7 nitrogen and oxygen atoms in total. The normalized spacial score (nSPS) is 23.5. The third-order valence-electron chi connectivity index (χ3n) is 8.61. The molecule has 4 heterocycles. The first-order chi connectivity index (χ1) is 20.8. The third-order valence-corrected chi connectivity index (χ3v) is 9.96. The predicted molar refractivity (Wildman–Crippen MR) is 170 cm³/mol. The van der Waals surface area contributed by atoms with Crippen molar-refractivity contribution < 1.29 is 19.1 Å². The molecule has 3 aliphatic heterocycles. The van der Waals surface area contributed by atoms with Gasteiger partial charge in [0.05, 0.1) is 12.6 Å². The smallest absolute Gasteiger partial charge is 0.255 e. The number of thiophene rings is 1. The fraction of sp³-hybridized carbons (Fsp3) is 0.471. The highest BCUT2D eigenvalue weighted by Gasteiger charge is 2.51. The van der Waals surface area contributed by atoms with E-state index in [1.165, 1.54) is 24.9 Å². The van der Waals surface area contributed by atoms with Crippen molar-refractivity contribution in [2.75, 3.05) is 24.5 Å². The number of carbonyl (C=O) groups excluding carboxylic acids is 2. The van der Waals surface area contributed by atoms with E-state index in [2.05, 4.69) is 45.9 Å². The fourth-order valence-electron chi connectivity index (χ4n) is 6.50. The summed E-state index contributed by atoms with van der Waals surface area (Å²) < 4.78 is 12.1. The summed E-state index contributed by atoms with van der Waals surface area (Å²) in [7, 11) is 0. The van der Waals surface area contributed by atoms with Crippen molar-refractivity contribution in [3.8, 4) is 0 Å². The summed E-state index contributed by atoms with van der Waals surface area (Å²) in [5.74, 6) is -1.57. The molecule has 2 aromatic carbocycles. The number of benzene rings is 2. The van der Waals surface area contributed by atoms with Gasteiger partial charge in [-0.2, -0.15) is 0 Å². The number of nitrogens with zero attached hydrogens (tertiary/aromatic N) is 2. The van der Waals surface area contributed by atoms with Crippen molar-refractivity contribution in [1.29, 1.82) is 0 Å². The van der Waals surface area contributed by atoms with Crippen LogP contribution in [0.3, 0.4) is 0 Å². The fourth-order valence-corrected chi connectivity index (χ4v) is 7.53. The van der Waals surface area contributed by atoms with E-state index in [0.717, 1.165) is 58.9 Å². The Hall–Kier alpha value is -2.91. The van der Waals surface area contributed by atoms with Crippen LogP contribution in [0.25, 0.3) is 0 Å². The average Bonchev–Trinajstić information content (AvgIpc) is 3.76. The molecule has 228 valence electrons. The minimum atomic E-state index is -1.04. The standard InChI is InChI=1S/C34H40ClN3O4S/c1-34(2)41-30(32(39)36-21-27-19-23(22-43-27)18-24-10-4-5-13-28(24)35)31(42-34)33(40)38-17-9-14-29(38)25-11-8-12-26(20-25)37-15-6-3-7-16-37/h4-5,8,10-13,19-20,22,29-31H,3,6-7,9,14-18,21H2,1-2H3,(H,36,39)/t29-,30-,31-/m1/s1. The zero-order valence-electron chi connectivity index (χ0n) is 24.9. The van der Waals surface area contributed by atoms with Gasteiger partial charge in [0.2, 0.25) is 0 Å². The molecular weight excluding hydrogens is 582 g/mol. The van der Waals surface area contributed by atoms with Gasteiger partial charge in [0, 0.05) is 35.2 Å². The van der Waals surface area contributed by atoms with Crippen molar-refractivity contribution in [3.05, 3.63) is 86.6 Å². The van der Waals surface area contributed by atoms with Gasteiger partial charge in [-0.1, -0.05) is 41.9 Å². The van der Waals surface area contributed by atoms with E-state index in [-0.39, 0.29) is 17.9 Å². The van der Waals surface area contributed by atoms with Crippen LogP contribution >= 0.6 is 22.9 Å². The molecule has 1 N–H and O–H groups in total. The molecule has 0 aliphatic carbocycles. The minimum Gasteiger partial charge on any atom is -0.372 e. The number of hydrogen-bond donors (Lipinski definition) is 1. The number of rotatable bonds is 8. The Labute approximate surface area is 263 Å². The number of hydrogen-bond acceptors (Lipinski definition) is 6.